The molecular formula is C11H19N3O. The van der Waals surface area contributed by atoms with Gasteiger partial charge in [-0.15, -0.1) is 0 Å². The smallest absolute Gasteiger partial charge is 0.152 e. The van der Waals surface area contributed by atoms with Crippen molar-refractivity contribution >= 4 is 5.78 Å². The van der Waals surface area contributed by atoms with Crippen LogP contribution >= 0.6 is 0 Å². The summed E-state index contributed by atoms with van der Waals surface area (Å²) >= 11 is 0. The molecule has 0 aliphatic rings. The molecule has 1 rings (SSSR count). The van der Waals surface area contributed by atoms with Crippen LogP contribution in [0.25, 0.3) is 0 Å². The van der Waals surface area contributed by atoms with Crippen molar-refractivity contribution in [2.75, 3.05) is 13.6 Å². The van der Waals surface area contributed by atoms with E-state index in [2.05, 4.69) is 24.3 Å². The molecule has 1 N–H and O–H groups in total. The lowest BCUT2D eigenvalue weighted by molar-refractivity contribution is -0.117. The van der Waals surface area contributed by atoms with Gasteiger partial charge in [0.25, 0.3) is 0 Å². The van der Waals surface area contributed by atoms with Gasteiger partial charge in [0.05, 0.1) is 18.7 Å². The van der Waals surface area contributed by atoms with Crippen molar-refractivity contribution in [3.05, 3.63) is 18.0 Å². The fraction of sp³-hybridized carbons (Fsp3) is 0.636. The molecule has 4 heteroatoms. The van der Waals surface area contributed by atoms with Crippen LogP contribution < -0.4 is 5.32 Å². The fourth-order valence-electron chi connectivity index (χ4n) is 1.37. The zero-order chi connectivity index (χ0) is 11.3. The third-order valence-corrected chi connectivity index (χ3v) is 2.46. The SMILES string of the molecule is CCC(C)n1ccc(CC(=O)CNC)n1. The number of carbonyl (C=O) groups excluding carboxylic acids is 1. The Morgan fingerprint density at radius 2 is 2.40 bits per heavy atom. The highest BCUT2D eigenvalue weighted by atomic mass is 16.1. The minimum Gasteiger partial charge on any atom is -0.313 e. The van der Waals surface area contributed by atoms with Crippen LogP contribution in [0, 0.1) is 0 Å². The molecule has 0 saturated carbocycles. The molecular weight excluding hydrogens is 190 g/mol. The fourth-order valence-corrected chi connectivity index (χ4v) is 1.37. The summed E-state index contributed by atoms with van der Waals surface area (Å²) in [4.78, 5) is 11.3. The zero-order valence-corrected chi connectivity index (χ0v) is 9.66. The van der Waals surface area contributed by atoms with Crippen LogP contribution in [-0.2, 0) is 11.2 Å². The van der Waals surface area contributed by atoms with Gasteiger partial charge in [-0.25, -0.2) is 0 Å². The minimum absolute atomic E-state index is 0.173. The number of hydrogen-bond acceptors (Lipinski definition) is 3. The highest BCUT2D eigenvalue weighted by Crippen LogP contribution is 2.09. The summed E-state index contributed by atoms with van der Waals surface area (Å²) in [7, 11) is 1.77. The van der Waals surface area contributed by atoms with E-state index >= 15 is 0 Å². The van der Waals surface area contributed by atoms with Crippen molar-refractivity contribution in [1.29, 1.82) is 0 Å². The molecule has 0 spiro atoms. The van der Waals surface area contributed by atoms with E-state index in [9.17, 15) is 4.79 Å². The lowest BCUT2D eigenvalue weighted by Crippen LogP contribution is -2.20. The number of carbonyl (C=O) groups is 1. The second-order valence-corrected chi connectivity index (χ2v) is 3.79. The number of hydrogen-bond donors (Lipinski definition) is 1. The zero-order valence-electron chi connectivity index (χ0n) is 9.66. The van der Waals surface area contributed by atoms with Gasteiger partial charge in [0, 0.05) is 12.2 Å². The van der Waals surface area contributed by atoms with Crippen molar-refractivity contribution in [3.8, 4) is 0 Å². The number of nitrogens with zero attached hydrogens (tertiary/aromatic N) is 2. The van der Waals surface area contributed by atoms with E-state index in [0.717, 1.165) is 12.1 Å². The second kappa shape index (κ2) is 5.66. The molecule has 84 valence electrons. The summed E-state index contributed by atoms with van der Waals surface area (Å²) in [5, 5.41) is 7.22. The van der Waals surface area contributed by atoms with Crippen LogP contribution in [0.5, 0.6) is 0 Å². The summed E-state index contributed by atoms with van der Waals surface area (Å²) in [6.07, 6.45) is 3.41. The Bertz CT molecular complexity index is 319. The molecule has 0 aliphatic heterocycles. The first kappa shape index (κ1) is 11.9. The maximum atomic E-state index is 11.3. The third-order valence-electron chi connectivity index (χ3n) is 2.46. The first-order valence-electron chi connectivity index (χ1n) is 5.37. The third kappa shape index (κ3) is 3.47. The number of aromatic nitrogens is 2. The van der Waals surface area contributed by atoms with Crippen molar-refractivity contribution in [1.82, 2.24) is 15.1 Å². The molecule has 4 nitrogen and oxygen atoms in total. The molecule has 0 saturated heterocycles. The first-order valence-corrected chi connectivity index (χ1v) is 5.37. The van der Waals surface area contributed by atoms with E-state index in [-0.39, 0.29) is 5.78 Å². The lowest BCUT2D eigenvalue weighted by Gasteiger charge is -2.07. The Morgan fingerprint density at radius 1 is 1.67 bits per heavy atom. The van der Waals surface area contributed by atoms with Crippen LogP contribution in [0.15, 0.2) is 12.3 Å². The van der Waals surface area contributed by atoms with Crippen LogP contribution in [0.2, 0.25) is 0 Å². The highest BCUT2D eigenvalue weighted by molar-refractivity contribution is 5.82. The summed E-state index contributed by atoms with van der Waals surface area (Å²) in [6.45, 7) is 4.65. The molecule has 1 aromatic rings. The molecule has 0 fully saturated rings. The van der Waals surface area contributed by atoms with Crippen LogP contribution in [0.4, 0.5) is 0 Å². The first-order chi connectivity index (χ1) is 7.17. The highest BCUT2D eigenvalue weighted by Gasteiger charge is 2.07. The normalized spacial score (nSPS) is 12.7. The lowest BCUT2D eigenvalue weighted by atomic mass is 10.2. The molecule has 0 bridgehead atoms. The van der Waals surface area contributed by atoms with Gasteiger partial charge >= 0.3 is 0 Å². The number of Topliss-reactive ketones (excluding diaryl/α,β-unsaturated/α-hetero) is 1. The largest absolute Gasteiger partial charge is 0.313 e. The quantitative estimate of drug-likeness (QED) is 0.765. The van der Waals surface area contributed by atoms with Crippen LogP contribution in [-0.4, -0.2) is 29.2 Å². The van der Waals surface area contributed by atoms with E-state index in [1.54, 1.807) is 7.05 Å². The predicted molar refractivity (Wildman–Crippen MR) is 59.9 cm³/mol. The standard InChI is InChI=1S/C11H19N3O/c1-4-9(2)14-6-5-10(13-14)7-11(15)8-12-3/h5-6,9,12H,4,7-8H2,1-3H3. The topological polar surface area (TPSA) is 46.9 Å². The van der Waals surface area contributed by atoms with Gasteiger partial charge in [-0.2, -0.15) is 5.10 Å². The van der Waals surface area contributed by atoms with E-state index in [4.69, 9.17) is 0 Å². The van der Waals surface area contributed by atoms with Gasteiger partial charge in [0.2, 0.25) is 0 Å². The molecule has 1 unspecified atom stereocenters. The van der Waals surface area contributed by atoms with E-state index in [0.29, 0.717) is 19.0 Å². The Labute approximate surface area is 90.7 Å². The molecule has 1 aromatic heterocycles. The summed E-state index contributed by atoms with van der Waals surface area (Å²) in [6, 6.07) is 2.32. The summed E-state index contributed by atoms with van der Waals surface area (Å²) < 4.78 is 1.92. The van der Waals surface area contributed by atoms with Crippen molar-refractivity contribution in [3.63, 3.8) is 0 Å². The van der Waals surface area contributed by atoms with Crippen LogP contribution in [0.3, 0.4) is 0 Å². The predicted octanol–water partition coefficient (Wildman–Crippen LogP) is 1.19. The maximum absolute atomic E-state index is 11.3. The average molecular weight is 209 g/mol. The molecule has 1 atom stereocenters. The van der Waals surface area contributed by atoms with Gasteiger partial charge in [-0.3, -0.25) is 9.48 Å². The van der Waals surface area contributed by atoms with Crippen molar-refractivity contribution in [2.24, 2.45) is 0 Å². The summed E-state index contributed by atoms with van der Waals surface area (Å²) in [5.74, 6) is 0.173. The summed E-state index contributed by atoms with van der Waals surface area (Å²) in [5.41, 5.74) is 0.857. The number of nitrogens with one attached hydrogen (secondary N) is 1. The van der Waals surface area contributed by atoms with Gasteiger partial charge in [-0.1, -0.05) is 6.92 Å². The van der Waals surface area contributed by atoms with Gasteiger partial charge < -0.3 is 5.32 Å². The molecule has 0 aliphatic carbocycles. The maximum Gasteiger partial charge on any atom is 0.152 e. The Morgan fingerprint density at radius 3 is 3.00 bits per heavy atom. The second-order valence-electron chi connectivity index (χ2n) is 3.79. The molecule has 0 aromatic carbocycles. The molecule has 0 radical (unpaired) electrons. The van der Waals surface area contributed by atoms with Gasteiger partial charge in [-0.05, 0) is 26.5 Å². The van der Waals surface area contributed by atoms with E-state index in [1.165, 1.54) is 0 Å². The van der Waals surface area contributed by atoms with E-state index < -0.39 is 0 Å². The molecule has 15 heavy (non-hydrogen) atoms. The molecule has 1 heterocycles. The number of likely N-dealkylation sites (N-methyl/N-ethyl adjacent to an activating group) is 1. The minimum atomic E-state index is 0.173. The number of rotatable bonds is 6. The van der Waals surface area contributed by atoms with Crippen molar-refractivity contribution in [2.45, 2.75) is 32.7 Å². The van der Waals surface area contributed by atoms with Crippen LogP contribution in [0.1, 0.15) is 32.0 Å². The Balaban J connectivity index is 2.56. The monoisotopic (exact) mass is 209 g/mol. The average Bonchev–Trinajstić information content (AvgIpc) is 2.65. The van der Waals surface area contributed by atoms with Crippen molar-refractivity contribution < 1.29 is 4.79 Å². The molecule has 0 amide bonds. The Hall–Kier alpha value is -1.16. The Kier molecular flexibility index (Phi) is 4.49. The number of ketones is 1. The van der Waals surface area contributed by atoms with Gasteiger partial charge in [0.1, 0.15) is 0 Å². The van der Waals surface area contributed by atoms with E-state index in [1.807, 2.05) is 16.9 Å². The van der Waals surface area contributed by atoms with Gasteiger partial charge in [0.15, 0.2) is 5.78 Å².